The van der Waals surface area contributed by atoms with E-state index in [-0.39, 0.29) is 30.4 Å². The van der Waals surface area contributed by atoms with Gasteiger partial charge in [0.25, 0.3) is 0 Å². The molecule has 1 heterocycles. The molecule has 1 atom stereocenters. The zero-order valence-electron chi connectivity index (χ0n) is 12.2. The van der Waals surface area contributed by atoms with Crippen LogP contribution in [0, 0.1) is 0 Å². The lowest BCUT2D eigenvalue weighted by atomic mass is 10.2. The highest BCUT2D eigenvalue weighted by molar-refractivity contribution is 5.78. The van der Waals surface area contributed by atoms with E-state index in [9.17, 15) is 9.59 Å². The molecule has 0 aromatic rings. The number of likely N-dealkylation sites (N-methyl/N-ethyl adjacent to an activating group) is 1. The lowest BCUT2D eigenvalue weighted by Crippen LogP contribution is -2.48. The maximum atomic E-state index is 12.0. The molecule has 19 heavy (non-hydrogen) atoms. The molecule has 110 valence electrons. The third kappa shape index (κ3) is 5.16. The van der Waals surface area contributed by atoms with E-state index in [4.69, 9.17) is 4.74 Å². The van der Waals surface area contributed by atoms with Gasteiger partial charge in [0, 0.05) is 26.2 Å². The Labute approximate surface area is 114 Å². The molecule has 0 radical (unpaired) electrons. The molecular weight excluding hydrogens is 248 g/mol. The molecule has 0 spiro atoms. The van der Waals surface area contributed by atoms with Crippen LogP contribution in [-0.2, 0) is 19.1 Å². The molecule has 1 aliphatic rings. The smallest absolute Gasteiger partial charge is 0.308 e. The van der Waals surface area contributed by atoms with Crippen molar-refractivity contribution in [1.29, 1.82) is 0 Å². The molecule has 1 unspecified atom stereocenters. The Kier molecular flexibility index (Phi) is 6.24. The Morgan fingerprint density at radius 2 is 2.16 bits per heavy atom. The first-order valence-electron chi connectivity index (χ1n) is 6.60. The number of rotatable bonds is 5. The molecule has 0 aliphatic carbocycles. The second-order valence-electron chi connectivity index (χ2n) is 5.11. The second kappa shape index (κ2) is 7.45. The molecule has 0 saturated carbocycles. The van der Waals surface area contributed by atoms with Gasteiger partial charge in [0.15, 0.2) is 0 Å². The Morgan fingerprint density at radius 1 is 1.47 bits per heavy atom. The van der Waals surface area contributed by atoms with Gasteiger partial charge in [0.1, 0.15) is 0 Å². The Morgan fingerprint density at radius 3 is 2.74 bits per heavy atom. The van der Waals surface area contributed by atoms with E-state index in [1.807, 2.05) is 18.7 Å². The largest absolute Gasteiger partial charge is 0.469 e. The highest BCUT2D eigenvalue weighted by Crippen LogP contribution is 2.10. The summed E-state index contributed by atoms with van der Waals surface area (Å²) in [4.78, 5) is 27.0. The van der Waals surface area contributed by atoms with Crippen molar-refractivity contribution >= 4 is 11.9 Å². The fourth-order valence-corrected chi connectivity index (χ4v) is 1.91. The minimum Gasteiger partial charge on any atom is -0.469 e. The number of morpholine rings is 1. The molecule has 0 aromatic carbocycles. The first-order valence-corrected chi connectivity index (χ1v) is 6.60. The van der Waals surface area contributed by atoms with Gasteiger partial charge in [0.2, 0.25) is 5.91 Å². The molecule has 1 saturated heterocycles. The van der Waals surface area contributed by atoms with Crippen LogP contribution in [0.15, 0.2) is 0 Å². The summed E-state index contributed by atoms with van der Waals surface area (Å²) in [6.45, 7) is 6.19. The predicted molar refractivity (Wildman–Crippen MR) is 70.7 cm³/mol. The maximum Gasteiger partial charge on any atom is 0.308 e. The van der Waals surface area contributed by atoms with Crippen LogP contribution in [0.2, 0.25) is 0 Å². The molecule has 1 aliphatic heterocycles. The standard InChI is InChI=1S/C13H24N2O4/c1-10(2)14(3)12(16)9-15-5-6-19-11(8-15)7-13(17)18-4/h10-11H,5-9H2,1-4H3. The van der Waals surface area contributed by atoms with Crippen molar-refractivity contribution in [3.05, 3.63) is 0 Å². The van der Waals surface area contributed by atoms with E-state index in [0.717, 1.165) is 6.54 Å². The van der Waals surface area contributed by atoms with Gasteiger partial charge >= 0.3 is 5.97 Å². The molecule has 1 rings (SSSR count). The maximum absolute atomic E-state index is 12.0. The fourth-order valence-electron chi connectivity index (χ4n) is 1.91. The quantitative estimate of drug-likeness (QED) is 0.665. The number of ether oxygens (including phenoxy) is 2. The van der Waals surface area contributed by atoms with Crippen molar-refractivity contribution in [2.75, 3.05) is 40.4 Å². The summed E-state index contributed by atoms with van der Waals surface area (Å²) < 4.78 is 10.1. The molecule has 0 aromatic heterocycles. The lowest BCUT2D eigenvalue weighted by Gasteiger charge is -2.33. The van der Waals surface area contributed by atoms with Crippen LogP contribution in [0.1, 0.15) is 20.3 Å². The molecule has 0 bridgehead atoms. The van der Waals surface area contributed by atoms with Crippen molar-refractivity contribution in [3.8, 4) is 0 Å². The van der Waals surface area contributed by atoms with Crippen LogP contribution < -0.4 is 0 Å². The van der Waals surface area contributed by atoms with Crippen LogP contribution >= 0.6 is 0 Å². The number of carbonyl (C=O) groups is 2. The van der Waals surface area contributed by atoms with Gasteiger partial charge in [-0.15, -0.1) is 0 Å². The Balaban J connectivity index is 2.42. The van der Waals surface area contributed by atoms with Gasteiger partial charge in [-0.05, 0) is 13.8 Å². The molecule has 6 nitrogen and oxygen atoms in total. The van der Waals surface area contributed by atoms with Crippen molar-refractivity contribution in [2.24, 2.45) is 0 Å². The summed E-state index contributed by atoms with van der Waals surface area (Å²) in [7, 11) is 3.17. The minimum absolute atomic E-state index is 0.0914. The van der Waals surface area contributed by atoms with E-state index in [2.05, 4.69) is 4.74 Å². The first kappa shape index (κ1) is 15.9. The molecule has 0 N–H and O–H groups in total. The lowest BCUT2D eigenvalue weighted by molar-refractivity contribution is -0.146. The summed E-state index contributed by atoms with van der Waals surface area (Å²) in [6, 6.07) is 0.194. The predicted octanol–water partition coefficient (Wildman–Crippen LogP) is 0.117. The average molecular weight is 272 g/mol. The summed E-state index contributed by atoms with van der Waals surface area (Å²) in [6.07, 6.45) is 0.0552. The topological polar surface area (TPSA) is 59.1 Å². The number of esters is 1. The number of methoxy groups -OCH3 is 1. The summed E-state index contributed by atoms with van der Waals surface area (Å²) in [5.74, 6) is -0.189. The Bertz CT molecular complexity index is 320. The third-order valence-corrected chi connectivity index (χ3v) is 3.37. The van der Waals surface area contributed by atoms with E-state index in [1.54, 1.807) is 11.9 Å². The summed E-state index contributed by atoms with van der Waals surface area (Å²) >= 11 is 0. The van der Waals surface area contributed by atoms with Crippen LogP contribution in [0.3, 0.4) is 0 Å². The highest BCUT2D eigenvalue weighted by atomic mass is 16.5. The van der Waals surface area contributed by atoms with Gasteiger partial charge in [0.05, 0.1) is 32.8 Å². The number of carbonyl (C=O) groups excluding carboxylic acids is 2. The van der Waals surface area contributed by atoms with Crippen LogP contribution in [-0.4, -0.2) is 74.2 Å². The average Bonchev–Trinajstić information content (AvgIpc) is 2.37. The van der Waals surface area contributed by atoms with Crippen molar-refractivity contribution in [1.82, 2.24) is 9.80 Å². The number of hydrogen-bond donors (Lipinski definition) is 0. The van der Waals surface area contributed by atoms with Crippen LogP contribution in [0.25, 0.3) is 0 Å². The van der Waals surface area contributed by atoms with E-state index >= 15 is 0 Å². The molecule has 1 amide bonds. The van der Waals surface area contributed by atoms with Gasteiger partial charge in [-0.25, -0.2) is 0 Å². The van der Waals surface area contributed by atoms with Gasteiger partial charge in [-0.2, -0.15) is 0 Å². The monoisotopic (exact) mass is 272 g/mol. The van der Waals surface area contributed by atoms with Crippen molar-refractivity contribution in [3.63, 3.8) is 0 Å². The third-order valence-electron chi connectivity index (χ3n) is 3.37. The minimum atomic E-state index is -0.280. The zero-order valence-corrected chi connectivity index (χ0v) is 12.2. The van der Waals surface area contributed by atoms with Crippen LogP contribution in [0.5, 0.6) is 0 Å². The number of nitrogens with zero attached hydrogens (tertiary/aromatic N) is 2. The van der Waals surface area contributed by atoms with Crippen LogP contribution in [0.4, 0.5) is 0 Å². The normalized spacial score (nSPS) is 20.4. The number of hydrogen-bond acceptors (Lipinski definition) is 5. The van der Waals surface area contributed by atoms with Gasteiger partial charge < -0.3 is 14.4 Å². The van der Waals surface area contributed by atoms with E-state index in [0.29, 0.717) is 19.7 Å². The molecule has 6 heteroatoms. The Hall–Kier alpha value is -1.14. The van der Waals surface area contributed by atoms with Gasteiger partial charge in [-0.3, -0.25) is 14.5 Å². The van der Waals surface area contributed by atoms with Crippen molar-refractivity contribution < 1.29 is 19.1 Å². The summed E-state index contributed by atoms with van der Waals surface area (Å²) in [5, 5.41) is 0. The molecular formula is C13H24N2O4. The van der Waals surface area contributed by atoms with Gasteiger partial charge in [-0.1, -0.05) is 0 Å². The zero-order chi connectivity index (χ0) is 14.4. The molecule has 1 fully saturated rings. The van der Waals surface area contributed by atoms with E-state index < -0.39 is 0 Å². The summed E-state index contributed by atoms with van der Waals surface area (Å²) in [5.41, 5.74) is 0. The van der Waals surface area contributed by atoms with E-state index in [1.165, 1.54) is 7.11 Å². The van der Waals surface area contributed by atoms with Crippen molar-refractivity contribution in [2.45, 2.75) is 32.4 Å². The SMILES string of the molecule is COC(=O)CC1CN(CC(=O)N(C)C(C)C)CCO1. The first-order chi connectivity index (χ1) is 8.93. The highest BCUT2D eigenvalue weighted by Gasteiger charge is 2.25. The fraction of sp³-hybridized carbons (Fsp3) is 0.846. The second-order valence-corrected chi connectivity index (χ2v) is 5.11. The number of amides is 1.